The Morgan fingerprint density at radius 1 is 1.26 bits per heavy atom. The van der Waals surface area contributed by atoms with Crippen LogP contribution in [0.5, 0.6) is 0 Å². The Bertz CT molecular complexity index is 552. The molecular formula is C15H15NO3. The second kappa shape index (κ2) is 4.23. The Kier molecular flexibility index (Phi) is 2.66. The molecule has 1 aromatic rings. The number of hydrogen-bond acceptors (Lipinski definition) is 3. The molecule has 2 aliphatic rings. The Morgan fingerprint density at radius 3 is 2.74 bits per heavy atom. The van der Waals surface area contributed by atoms with Crippen molar-refractivity contribution in [2.24, 2.45) is 0 Å². The molecule has 2 aliphatic heterocycles. The van der Waals surface area contributed by atoms with Crippen molar-refractivity contribution in [1.82, 2.24) is 4.90 Å². The minimum absolute atomic E-state index is 0.126. The van der Waals surface area contributed by atoms with Gasteiger partial charge in [0, 0.05) is 0 Å². The van der Waals surface area contributed by atoms with Crippen LogP contribution in [-0.4, -0.2) is 28.9 Å². The highest BCUT2D eigenvalue weighted by molar-refractivity contribution is 5.96. The van der Waals surface area contributed by atoms with E-state index in [0.29, 0.717) is 6.42 Å². The van der Waals surface area contributed by atoms with E-state index in [-0.39, 0.29) is 24.5 Å². The van der Waals surface area contributed by atoms with Gasteiger partial charge in [-0.2, -0.15) is 0 Å². The first kappa shape index (κ1) is 12.0. The molecule has 3 rings (SSSR count). The third-order valence-electron chi connectivity index (χ3n) is 3.85. The van der Waals surface area contributed by atoms with Crippen molar-refractivity contribution in [3.63, 3.8) is 0 Å². The average Bonchev–Trinajstić information content (AvgIpc) is 2.42. The van der Waals surface area contributed by atoms with Gasteiger partial charge in [-0.1, -0.05) is 36.4 Å². The van der Waals surface area contributed by atoms with Crippen molar-refractivity contribution in [3.8, 4) is 0 Å². The fourth-order valence-corrected chi connectivity index (χ4v) is 2.80. The number of morpholine rings is 1. The summed E-state index contributed by atoms with van der Waals surface area (Å²) < 4.78 is 5.30. The van der Waals surface area contributed by atoms with Crippen LogP contribution in [0.15, 0.2) is 42.5 Å². The van der Waals surface area contributed by atoms with Crippen LogP contribution in [0.1, 0.15) is 24.9 Å². The van der Waals surface area contributed by atoms with Crippen LogP contribution in [0.2, 0.25) is 0 Å². The molecular weight excluding hydrogens is 242 g/mol. The first-order valence-corrected chi connectivity index (χ1v) is 6.35. The van der Waals surface area contributed by atoms with Gasteiger partial charge in [-0.3, -0.25) is 4.79 Å². The van der Waals surface area contributed by atoms with Gasteiger partial charge in [0.2, 0.25) is 5.91 Å². The highest BCUT2D eigenvalue weighted by Crippen LogP contribution is 2.38. The fraction of sp³-hybridized carbons (Fsp3) is 0.333. The van der Waals surface area contributed by atoms with E-state index in [1.54, 1.807) is 17.9 Å². The molecule has 0 spiro atoms. The van der Waals surface area contributed by atoms with Crippen molar-refractivity contribution in [3.05, 3.63) is 48.0 Å². The Morgan fingerprint density at radius 2 is 2.00 bits per heavy atom. The van der Waals surface area contributed by atoms with Gasteiger partial charge < -0.3 is 9.64 Å². The molecule has 2 atom stereocenters. The number of esters is 1. The lowest BCUT2D eigenvalue weighted by Gasteiger charge is -2.48. The molecule has 1 fully saturated rings. The van der Waals surface area contributed by atoms with Crippen LogP contribution in [0.4, 0.5) is 0 Å². The highest BCUT2D eigenvalue weighted by atomic mass is 16.5. The van der Waals surface area contributed by atoms with Crippen molar-refractivity contribution >= 4 is 11.9 Å². The van der Waals surface area contributed by atoms with E-state index in [2.05, 4.69) is 0 Å². The molecule has 0 bridgehead atoms. The number of fused-ring (bicyclic) bond motifs is 1. The van der Waals surface area contributed by atoms with E-state index in [0.717, 1.165) is 5.56 Å². The van der Waals surface area contributed by atoms with E-state index in [1.165, 1.54) is 6.08 Å². The van der Waals surface area contributed by atoms with E-state index < -0.39 is 5.54 Å². The lowest BCUT2D eigenvalue weighted by molar-refractivity contribution is -0.179. The number of carbonyl (C=O) groups excluding carboxylic acids is 2. The summed E-state index contributed by atoms with van der Waals surface area (Å²) in [4.78, 5) is 25.9. The Labute approximate surface area is 111 Å². The summed E-state index contributed by atoms with van der Waals surface area (Å²) in [5.74, 6) is -0.448. The van der Waals surface area contributed by atoms with Crippen LogP contribution in [-0.2, 0) is 14.3 Å². The molecule has 0 saturated carbocycles. The van der Waals surface area contributed by atoms with E-state index >= 15 is 0 Å². The zero-order valence-corrected chi connectivity index (χ0v) is 10.7. The second-order valence-electron chi connectivity index (χ2n) is 5.11. The van der Waals surface area contributed by atoms with Crippen LogP contribution < -0.4 is 0 Å². The maximum atomic E-state index is 12.2. The third-order valence-corrected chi connectivity index (χ3v) is 3.85. The first-order valence-electron chi connectivity index (χ1n) is 6.35. The van der Waals surface area contributed by atoms with Crippen LogP contribution in [0.25, 0.3) is 0 Å². The lowest BCUT2D eigenvalue weighted by atomic mass is 9.87. The predicted molar refractivity (Wildman–Crippen MR) is 69.2 cm³/mol. The molecule has 0 radical (unpaired) electrons. The maximum Gasteiger partial charge on any atom is 0.332 e. The minimum Gasteiger partial charge on any atom is -0.461 e. The molecule has 98 valence electrons. The normalized spacial score (nSPS) is 29.9. The monoisotopic (exact) mass is 257 g/mol. The number of benzene rings is 1. The van der Waals surface area contributed by atoms with E-state index in [4.69, 9.17) is 4.74 Å². The summed E-state index contributed by atoms with van der Waals surface area (Å²) in [6.45, 7) is 1.99. The number of hydrogen-bond donors (Lipinski definition) is 0. The van der Waals surface area contributed by atoms with Gasteiger partial charge in [0.25, 0.3) is 0 Å². The Hall–Kier alpha value is -2.10. The quantitative estimate of drug-likeness (QED) is 0.721. The zero-order chi connectivity index (χ0) is 13.5. The standard InChI is InChI=1S/C15H15NO3/c1-15-9-5-8-13(17)16(15)12(10-19-14(15)18)11-6-3-2-4-7-11/h2-8,12H,9-10H2,1H3/t12-,15+/m0/s1. The summed E-state index contributed by atoms with van der Waals surface area (Å²) in [5, 5.41) is 0. The largest absolute Gasteiger partial charge is 0.461 e. The van der Waals surface area contributed by atoms with Gasteiger partial charge in [-0.25, -0.2) is 4.79 Å². The molecule has 4 heteroatoms. The van der Waals surface area contributed by atoms with E-state index in [9.17, 15) is 9.59 Å². The number of cyclic esters (lactones) is 1. The SMILES string of the molecule is C[C@]12CC=CC(=O)N1[C@H](c1ccccc1)COC2=O. The van der Waals surface area contributed by atoms with E-state index in [1.807, 2.05) is 30.3 Å². The van der Waals surface area contributed by atoms with Gasteiger partial charge in [0.1, 0.15) is 12.1 Å². The van der Waals surface area contributed by atoms with Crippen molar-refractivity contribution in [2.75, 3.05) is 6.61 Å². The molecule has 0 N–H and O–H groups in total. The number of amides is 1. The zero-order valence-electron chi connectivity index (χ0n) is 10.7. The molecule has 1 amide bonds. The van der Waals surface area contributed by atoms with Gasteiger partial charge in [0.05, 0.1) is 6.04 Å². The molecule has 1 aromatic carbocycles. The summed E-state index contributed by atoms with van der Waals surface area (Å²) >= 11 is 0. The number of nitrogens with zero attached hydrogens (tertiary/aromatic N) is 1. The third kappa shape index (κ3) is 1.75. The van der Waals surface area contributed by atoms with Crippen LogP contribution >= 0.6 is 0 Å². The van der Waals surface area contributed by atoms with Crippen molar-refractivity contribution < 1.29 is 14.3 Å². The fourth-order valence-electron chi connectivity index (χ4n) is 2.80. The lowest BCUT2D eigenvalue weighted by Crippen LogP contribution is -2.62. The van der Waals surface area contributed by atoms with Gasteiger partial charge in [0.15, 0.2) is 0 Å². The highest BCUT2D eigenvalue weighted by Gasteiger charge is 2.51. The molecule has 2 heterocycles. The van der Waals surface area contributed by atoms with Crippen LogP contribution in [0, 0.1) is 0 Å². The Balaban J connectivity index is 2.05. The molecule has 19 heavy (non-hydrogen) atoms. The summed E-state index contributed by atoms with van der Waals surface area (Å²) in [6.07, 6.45) is 3.78. The van der Waals surface area contributed by atoms with Gasteiger partial charge in [-0.15, -0.1) is 0 Å². The molecule has 1 saturated heterocycles. The minimum atomic E-state index is -0.884. The predicted octanol–water partition coefficient (Wildman–Crippen LogP) is 1.83. The smallest absolute Gasteiger partial charge is 0.332 e. The number of rotatable bonds is 1. The van der Waals surface area contributed by atoms with Gasteiger partial charge >= 0.3 is 5.97 Å². The number of ether oxygens (including phenoxy) is 1. The summed E-state index contributed by atoms with van der Waals surface area (Å²) in [7, 11) is 0. The molecule has 0 aliphatic carbocycles. The number of carbonyl (C=O) groups is 2. The van der Waals surface area contributed by atoms with Crippen LogP contribution in [0.3, 0.4) is 0 Å². The first-order chi connectivity index (χ1) is 9.13. The molecule has 0 unspecified atom stereocenters. The van der Waals surface area contributed by atoms with Crippen molar-refractivity contribution in [1.29, 1.82) is 0 Å². The van der Waals surface area contributed by atoms with Crippen molar-refractivity contribution in [2.45, 2.75) is 24.9 Å². The van der Waals surface area contributed by atoms with Gasteiger partial charge in [-0.05, 0) is 25.0 Å². The maximum absolute atomic E-state index is 12.2. The molecule has 4 nitrogen and oxygen atoms in total. The topological polar surface area (TPSA) is 46.6 Å². The summed E-state index contributed by atoms with van der Waals surface area (Å²) in [6, 6.07) is 9.48. The second-order valence-corrected chi connectivity index (χ2v) is 5.11. The average molecular weight is 257 g/mol. The summed E-state index contributed by atoms with van der Waals surface area (Å²) in [5.41, 5.74) is 0.106. The molecule has 0 aromatic heterocycles.